The molecule has 2 heterocycles. The molecule has 0 aliphatic carbocycles. The molecule has 1 amide bonds. The van der Waals surface area contributed by atoms with E-state index in [2.05, 4.69) is 21.2 Å². The van der Waals surface area contributed by atoms with Gasteiger partial charge in [0.25, 0.3) is 5.91 Å². The van der Waals surface area contributed by atoms with Gasteiger partial charge in [0.1, 0.15) is 17.7 Å². The lowest BCUT2D eigenvalue weighted by molar-refractivity contribution is 0.0651. The van der Waals surface area contributed by atoms with Crippen LogP contribution in [0.2, 0.25) is 0 Å². The Hall–Kier alpha value is -2.73. The van der Waals surface area contributed by atoms with Gasteiger partial charge < -0.3 is 19.7 Å². The standard InChI is InChI=1S/C19H15BrN2O3/c20-15-10-12(7-8-17(15)23)18-21-16-6-2-1-5-14(16)19(24)22(18)11-13-4-3-9-25-13/h1-10,18,21,23H,11H2/t18-/m1/s1. The molecule has 3 aromatic rings. The van der Waals surface area contributed by atoms with Gasteiger partial charge in [0.2, 0.25) is 0 Å². The van der Waals surface area contributed by atoms with Gasteiger partial charge in [-0.1, -0.05) is 18.2 Å². The highest BCUT2D eigenvalue weighted by atomic mass is 79.9. The quantitative estimate of drug-likeness (QED) is 0.680. The monoisotopic (exact) mass is 398 g/mol. The first-order valence-electron chi connectivity index (χ1n) is 7.81. The van der Waals surface area contributed by atoms with Crippen LogP contribution < -0.4 is 5.32 Å². The van der Waals surface area contributed by atoms with Crippen molar-refractivity contribution in [2.24, 2.45) is 0 Å². The summed E-state index contributed by atoms with van der Waals surface area (Å²) in [5, 5.41) is 13.2. The van der Waals surface area contributed by atoms with Gasteiger partial charge in [-0.05, 0) is 57.9 Å². The second kappa shape index (κ2) is 6.29. The Bertz CT molecular complexity index is 924. The number of amides is 1. The maximum Gasteiger partial charge on any atom is 0.258 e. The van der Waals surface area contributed by atoms with Crippen molar-refractivity contribution in [2.75, 3.05) is 5.32 Å². The van der Waals surface area contributed by atoms with Crippen LogP contribution in [-0.2, 0) is 6.54 Å². The van der Waals surface area contributed by atoms with Crippen molar-refractivity contribution in [1.29, 1.82) is 0 Å². The predicted molar refractivity (Wildman–Crippen MR) is 97.2 cm³/mol. The number of phenolic OH excluding ortho intramolecular Hbond substituents is 1. The second-order valence-corrected chi connectivity index (χ2v) is 6.67. The SMILES string of the molecule is O=C1c2ccccc2N[C@@H](c2ccc(O)c(Br)c2)N1Cc1ccco1. The summed E-state index contributed by atoms with van der Waals surface area (Å²) < 4.78 is 6.01. The van der Waals surface area contributed by atoms with Crippen LogP contribution in [0.15, 0.2) is 69.8 Å². The van der Waals surface area contributed by atoms with Crippen molar-refractivity contribution in [3.8, 4) is 5.75 Å². The average Bonchev–Trinajstić information content (AvgIpc) is 3.13. The van der Waals surface area contributed by atoms with Crippen LogP contribution >= 0.6 is 15.9 Å². The molecule has 126 valence electrons. The molecular formula is C19H15BrN2O3. The molecule has 5 nitrogen and oxygen atoms in total. The lowest BCUT2D eigenvalue weighted by Crippen LogP contribution is -2.42. The number of fused-ring (bicyclic) bond motifs is 1. The van der Waals surface area contributed by atoms with Gasteiger partial charge >= 0.3 is 0 Å². The van der Waals surface area contributed by atoms with Crippen LogP contribution in [0.1, 0.15) is 27.8 Å². The number of phenols is 1. The third-order valence-corrected chi connectivity index (χ3v) is 4.85. The molecule has 1 atom stereocenters. The fourth-order valence-electron chi connectivity index (χ4n) is 2.98. The number of carbonyl (C=O) groups is 1. The number of furan rings is 1. The highest BCUT2D eigenvalue weighted by Gasteiger charge is 2.33. The Morgan fingerprint density at radius 1 is 1.16 bits per heavy atom. The molecule has 2 aromatic carbocycles. The van der Waals surface area contributed by atoms with Crippen LogP contribution in [0.4, 0.5) is 5.69 Å². The van der Waals surface area contributed by atoms with Gasteiger partial charge in [0.15, 0.2) is 0 Å². The van der Waals surface area contributed by atoms with E-state index in [0.717, 1.165) is 11.3 Å². The minimum Gasteiger partial charge on any atom is -0.507 e. The van der Waals surface area contributed by atoms with Crippen LogP contribution in [0.25, 0.3) is 0 Å². The molecule has 0 bridgehead atoms. The highest BCUT2D eigenvalue weighted by Crippen LogP contribution is 2.36. The number of hydrogen-bond acceptors (Lipinski definition) is 4. The van der Waals surface area contributed by atoms with Gasteiger partial charge in [-0.15, -0.1) is 0 Å². The fourth-order valence-corrected chi connectivity index (χ4v) is 3.38. The molecule has 4 rings (SSSR count). The highest BCUT2D eigenvalue weighted by molar-refractivity contribution is 9.10. The summed E-state index contributed by atoms with van der Waals surface area (Å²) in [5.41, 5.74) is 2.28. The normalized spacial score (nSPS) is 16.4. The molecule has 2 N–H and O–H groups in total. The smallest absolute Gasteiger partial charge is 0.258 e. The number of benzene rings is 2. The number of halogens is 1. The van der Waals surface area contributed by atoms with Crippen LogP contribution in [-0.4, -0.2) is 15.9 Å². The van der Waals surface area contributed by atoms with Gasteiger partial charge in [-0.2, -0.15) is 0 Å². The zero-order chi connectivity index (χ0) is 17.4. The maximum absolute atomic E-state index is 13.1. The average molecular weight is 399 g/mol. The molecule has 1 aromatic heterocycles. The summed E-state index contributed by atoms with van der Waals surface area (Å²) >= 11 is 3.34. The largest absolute Gasteiger partial charge is 0.507 e. The predicted octanol–water partition coefficient (Wildman–Crippen LogP) is 4.51. The Morgan fingerprint density at radius 2 is 2.00 bits per heavy atom. The van der Waals surface area contributed by atoms with Gasteiger partial charge in [-0.25, -0.2) is 0 Å². The number of carbonyl (C=O) groups excluding carboxylic acids is 1. The number of anilines is 1. The molecule has 0 saturated carbocycles. The molecule has 0 saturated heterocycles. The van der Waals surface area contributed by atoms with E-state index in [0.29, 0.717) is 22.3 Å². The first-order chi connectivity index (χ1) is 12.1. The van der Waals surface area contributed by atoms with Crippen molar-refractivity contribution in [3.05, 3.63) is 82.2 Å². The Kier molecular flexibility index (Phi) is 3.97. The molecule has 0 fully saturated rings. The minimum atomic E-state index is -0.371. The van der Waals surface area contributed by atoms with Crippen molar-refractivity contribution >= 4 is 27.5 Å². The van der Waals surface area contributed by atoms with Gasteiger partial charge in [-0.3, -0.25) is 4.79 Å². The van der Waals surface area contributed by atoms with E-state index >= 15 is 0 Å². The van der Waals surface area contributed by atoms with E-state index in [1.807, 2.05) is 36.4 Å². The Morgan fingerprint density at radius 3 is 2.76 bits per heavy atom. The van der Waals surface area contributed by atoms with E-state index in [9.17, 15) is 9.90 Å². The van der Waals surface area contributed by atoms with Crippen molar-refractivity contribution < 1.29 is 14.3 Å². The number of aromatic hydroxyl groups is 1. The van der Waals surface area contributed by atoms with E-state index < -0.39 is 0 Å². The van der Waals surface area contributed by atoms with Crippen LogP contribution in [0.3, 0.4) is 0 Å². The number of nitrogens with one attached hydrogen (secondary N) is 1. The molecule has 0 spiro atoms. The lowest BCUT2D eigenvalue weighted by Gasteiger charge is -2.37. The zero-order valence-electron chi connectivity index (χ0n) is 13.1. The first kappa shape index (κ1) is 15.8. The topological polar surface area (TPSA) is 65.7 Å². The number of rotatable bonds is 3. The van der Waals surface area contributed by atoms with E-state index in [4.69, 9.17) is 4.42 Å². The van der Waals surface area contributed by atoms with E-state index in [-0.39, 0.29) is 17.8 Å². The summed E-state index contributed by atoms with van der Waals surface area (Å²) in [6, 6.07) is 16.3. The summed E-state index contributed by atoms with van der Waals surface area (Å²) in [4.78, 5) is 14.8. The lowest BCUT2D eigenvalue weighted by atomic mass is 10.0. The minimum absolute atomic E-state index is 0.0695. The van der Waals surface area contributed by atoms with Crippen molar-refractivity contribution in [1.82, 2.24) is 4.90 Å². The first-order valence-corrected chi connectivity index (χ1v) is 8.60. The number of hydrogen-bond donors (Lipinski definition) is 2. The zero-order valence-corrected chi connectivity index (χ0v) is 14.7. The van der Waals surface area contributed by atoms with E-state index in [1.54, 1.807) is 29.4 Å². The second-order valence-electron chi connectivity index (χ2n) is 5.82. The Labute approximate surface area is 153 Å². The number of nitrogens with zero attached hydrogens (tertiary/aromatic N) is 1. The molecule has 0 unspecified atom stereocenters. The molecule has 25 heavy (non-hydrogen) atoms. The van der Waals surface area contributed by atoms with Gasteiger partial charge in [0.05, 0.1) is 22.8 Å². The van der Waals surface area contributed by atoms with Crippen LogP contribution in [0, 0.1) is 0 Å². The summed E-state index contributed by atoms with van der Waals surface area (Å²) in [6.45, 7) is 0.344. The summed E-state index contributed by atoms with van der Waals surface area (Å²) in [7, 11) is 0. The number of para-hydroxylation sites is 1. The molecule has 6 heteroatoms. The molecular weight excluding hydrogens is 384 g/mol. The summed E-state index contributed by atoms with van der Waals surface area (Å²) in [6.07, 6.45) is 1.22. The van der Waals surface area contributed by atoms with Crippen molar-refractivity contribution in [2.45, 2.75) is 12.7 Å². The third kappa shape index (κ3) is 2.89. The maximum atomic E-state index is 13.1. The molecule has 1 aliphatic rings. The van der Waals surface area contributed by atoms with Crippen molar-refractivity contribution in [3.63, 3.8) is 0 Å². The fraction of sp³-hybridized carbons (Fsp3) is 0.105. The Balaban J connectivity index is 1.78. The van der Waals surface area contributed by atoms with E-state index in [1.165, 1.54) is 0 Å². The summed E-state index contributed by atoms with van der Waals surface area (Å²) in [5.74, 6) is 0.793. The van der Waals surface area contributed by atoms with Gasteiger partial charge in [0, 0.05) is 5.69 Å². The van der Waals surface area contributed by atoms with Crippen LogP contribution in [0.5, 0.6) is 5.75 Å². The molecule has 0 radical (unpaired) electrons. The third-order valence-electron chi connectivity index (χ3n) is 4.22. The molecule has 1 aliphatic heterocycles.